The number of carbonyl (C=O) groups excluding carboxylic acids is 1. The molecule has 3 saturated heterocycles. The van der Waals surface area contributed by atoms with Gasteiger partial charge in [-0.1, -0.05) is 30.3 Å². The Morgan fingerprint density at radius 3 is 2.65 bits per heavy atom. The normalized spacial score (nSPS) is 31.8. The van der Waals surface area contributed by atoms with Crippen molar-refractivity contribution in [2.45, 2.75) is 31.6 Å². The molecule has 2 unspecified atom stereocenters. The number of piperidine rings is 1. The van der Waals surface area contributed by atoms with Gasteiger partial charge >= 0.3 is 0 Å². The van der Waals surface area contributed by atoms with E-state index in [-0.39, 0.29) is 17.7 Å². The molecule has 1 N–H and O–H groups in total. The van der Waals surface area contributed by atoms with Crippen molar-refractivity contribution in [2.24, 2.45) is 5.41 Å². The van der Waals surface area contributed by atoms with E-state index in [0.717, 1.165) is 32.4 Å². The topological polar surface area (TPSA) is 41.6 Å². The van der Waals surface area contributed by atoms with Crippen molar-refractivity contribution in [2.75, 3.05) is 19.6 Å². The first-order chi connectivity index (χ1) is 9.78. The lowest BCUT2D eigenvalue weighted by atomic mass is 9.77. The number of fused-ring (bicyclic) bond motifs is 1. The molecule has 3 aliphatic rings. The van der Waals surface area contributed by atoms with Crippen LogP contribution in [0.4, 0.5) is 0 Å². The zero-order valence-electron chi connectivity index (χ0n) is 11.5. The number of nitrogens with one attached hydrogen (secondary N) is 1. The predicted octanol–water partition coefficient (Wildman–Crippen LogP) is 1.69. The van der Waals surface area contributed by atoms with Crippen LogP contribution in [-0.4, -0.2) is 36.7 Å². The minimum atomic E-state index is -0.141. The highest BCUT2D eigenvalue weighted by molar-refractivity contribution is 5.85. The summed E-state index contributed by atoms with van der Waals surface area (Å²) in [6, 6.07) is 10.2. The molecular formula is C16H20N2O2. The maximum Gasteiger partial charge on any atom is 0.231 e. The maximum absolute atomic E-state index is 12.8. The molecule has 1 aromatic carbocycles. The summed E-state index contributed by atoms with van der Waals surface area (Å²) >= 11 is 0. The number of carbonyl (C=O) groups is 1. The zero-order valence-corrected chi connectivity index (χ0v) is 11.5. The Morgan fingerprint density at radius 1 is 1.20 bits per heavy atom. The van der Waals surface area contributed by atoms with Gasteiger partial charge in [0.05, 0.1) is 12.0 Å². The molecule has 0 aliphatic carbocycles. The molecule has 3 heterocycles. The average molecular weight is 272 g/mol. The van der Waals surface area contributed by atoms with Crippen LogP contribution in [0.25, 0.3) is 0 Å². The van der Waals surface area contributed by atoms with Crippen molar-refractivity contribution in [3.05, 3.63) is 35.9 Å². The number of hydrogen-bond acceptors (Lipinski definition) is 3. The van der Waals surface area contributed by atoms with Crippen LogP contribution < -0.4 is 5.32 Å². The van der Waals surface area contributed by atoms with Gasteiger partial charge in [-0.25, -0.2) is 0 Å². The lowest BCUT2D eigenvalue weighted by Gasteiger charge is -2.32. The van der Waals surface area contributed by atoms with Gasteiger partial charge in [0, 0.05) is 6.42 Å². The maximum atomic E-state index is 12.8. The molecule has 20 heavy (non-hydrogen) atoms. The highest BCUT2D eigenvalue weighted by Crippen LogP contribution is 2.47. The van der Waals surface area contributed by atoms with E-state index in [0.29, 0.717) is 12.5 Å². The highest BCUT2D eigenvalue weighted by Gasteiger charge is 2.55. The summed E-state index contributed by atoms with van der Waals surface area (Å²) in [6.07, 6.45) is 2.82. The molecule has 4 nitrogen and oxygen atoms in total. The molecule has 4 heteroatoms. The van der Waals surface area contributed by atoms with Crippen LogP contribution in [-0.2, 0) is 9.53 Å². The smallest absolute Gasteiger partial charge is 0.231 e. The molecular weight excluding hydrogens is 252 g/mol. The van der Waals surface area contributed by atoms with Crippen LogP contribution in [0.1, 0.15) is 30.9 Å². The van der Waals surface area contributed by atoms with Gasteiger partial charge in [-0.2, -0.15) is 0 Å². The lowest BCUT2D eigenvalue weighted by Crippen LogP contribution is -2.42. The van der Waals surface area contributed by atoms with E-state index in [9.17, 15) is 4.79 Å². The number of amides is 1. The highest BCUT2D eigenvalue weighted by atomic mass is 16.5. The summed E-state index contributed by atoms with van der Waals surface area (Å²) in [7, 11) is 0. The minimum absolute atomic E-state index is 0.00851. The van der Waals surface area contributed by atoms with Gasteiger partial charge in [0.15, 0.2) is 0 Å². The summed E-state index contributed by atoms with van der Waals surface area (Å²) < 4.78 is 6.15. The van der Waals surface area contributed by atoms with Gasteiger partial charge in [0.2, 0.25) is 5.91 Å². The van der Waals surface area contributed by atoms with Crippen LogP contribution in [0.15, 0.2) is 30.3 Å². The zero-order chi connectivity index (χ0) is 13.6. The number of ether oxygens (including phenoxy) is 1. The second kappa shape index (κ2) is 4.57. The third kappa shape index (κ3) is 1.79. The van der Waals surface area contributed by atoms with E-state index < -0.39 is 0 Å². The standard InChI is InChI=1S/C16H20N2O2/c19-15-16(6-8-17-9-7-16)10-14-18(15)11-13(20-14)12-4-2-1-3-5-12/h1-5,13-14,17H,6-11H2. The van der Waals surface area contributed by atoms with Gasteiger partial charge in [-0.3, -0.25) is 4.79 Å². The number of rotatable bonds is 1. The fourth-order valence-electron chi connectivity index (χ4n) is 3.88. The molecule has 0 radical (unpaired) electrons. The number of hydrogen-bond donors (Lipinski definition) is 1. The lowest BCUT2D eigenvalue weighted by molar-refractivity contribution is -0.137. The predicted molar refractivity (Wildman–Crippen MR) is 74.9 cm³/mol. The Hall–Kier alpha value is -1.39. The summed E-state index contributed by atoms with van der Waals surface area (Å²) in [5.41, 5.74) is 1.03. The average Bonchev–Trinajstić information content (AvgIpc) is 3.00. The Labute approximate surface area is 119 Å². The molecule has 106 valence electrons. The van der Waals surface area contributed by atoms with Crippen molar-refractivity contribution in [1.29, 1.82) is 0 Å². The number of benzene rings is 1. The fraction of sp³-hybridized carbons (Fsp3) is 0.562. The molecule has 2 atom stereocenters. The van der Waals surface area contributed by atoms with E-state index in [1.54, 1.807) is 0 Å². The van der Waals surface area contributed by atoms with Crippen molar-refractivity contribution in [3.63, 3.8) is 0 Å². The van der Waals surface area contributed by atoms with Gasteiger partial charge < -0.3 is 15.0 Å². The van der Waals surface area contributed by atoms with E-state index in [4.69, 9.17) is 4.74 Å². The molecule has 0 bridgehead atoms. The molecule has 1 aromatic rings. The Morgan fingerprint density at radius 2 is 1.95 bits per heavy atom. The summed E-state index contributed by atoms with van der Waals surface area (Å²) in [5, 5.41) is 3.35. The minimum Gasteiger partial charge on any atom is -0.348 e. The van der Waals surface area contributed by atoms with Gasteiger partial charge in [0.1, 0.15) is 12.3 Å². The van der Waals surface area contributed by atoms with Crippen molar-refractivity contribution in [1.82, 2.24) is 10.2 Å². The van der Waals surface area contributed by atoms with Crippen molar-refractivity contribution < 1.29 is 9.53 Å². The molecule has 3 fully saturated rings. The van der Waals surface area contributed by atoms with Crippen molar-refractivity contribution >= 4 is 5.91 Å². The van der Waals surface area contributed by atoms with Crippen LogP contribution in [0, 0.1) is 5.41 Å². The van der Waals surface area contributed by atoms with Crippen LogP contribution in [0.2, 0.25) is 0 Å². The van der Waals surface area contributed by atoms with E-state index >= 15 is 0 Å². The van der Waals surface area contributed by atoms with Crippen LogP contribution in [0.5, 0.6) is 0 Å². The SMILES string of the molecule is O=C1N2CC(c3ccccc3)OC2CC12CCNCC2. The Bertz CT molecular complexity index is 510. The first-order valence-electron chi connectivity index (χ1n) is 7.51. The Balaban J connectivity index is 1.53. The summed E-state index contributed by atoms with van der Waals surface area (Å²) in [4.78, 5) is 14.7. The quantitative estimate of drug-likeness (QED) is 0.846. The molecule has 4 rings (SSSR count). The third-order valence-electron chi connectivity index (χ3n) is 5.04. The molecule has 1 amide bonds. The molecule has 0 saturated carbocycles. The van der Waals surface area contributed by atoms with E-state index in [1.807, 2.05) is 23.1 Å². The van der Waals surface area contributed by atoms with Gasteiger partial charge in [-0.15, -0.1) is 0 Å². The first kappa shape index (κ1) is 12.4. The largest absolute Gasteiger partial charge is 0.348 e. The second-order valence-electron chi connectivity index (χ2n) is 6.18. The fourth-order valence-corrected chi connectivity index (χ4v) is 3.88. The second-order valence-corrected chi connectivity index (χ2v) is 6.18. The third-order valence-corrected chi connectivity index (χ3v) is 5.04. The molecule has 0 aromatic heterocycles. The van der Waals surface area contributed by atoms with E-state index in [1.165, 1.54) is 5.56 Å². The van der Waals surface area contributed by atoms with E-state index in [2.05, 4.69) is 17.4 Å². The molecule has 1 spiro atoms. The van der Waals surface area contributed by atoms with Crippen LogP contribution >= 0.6 is 0 Å². The first-order valence-corrected chi connectivity index (χ1v) is 7.51. The van der Waals surface area contributed by atoms with Gasteiger partial charge in [0.25, 0.3) is 0 Å². The summed E-state index contributed by atoms with van der Waals surface area (Å²) in [6.45, 7) is 2.62. The molecule has 3 aliphatic heterocycles. The van der Waals surface area contributed by atoms with Crippen molar-refractivity contribution in [3.8, 4) is 0 Å². The van der Waals surface area contributed by atoms with Crippen LogP contribution in [0.3, 0.4) is 0 Å². The monoisotopic (exact) mass is 272 g/mol. The van der Waals surface area contributed by atoms with Gasteiger partial charge in [-0.05, 0) is 31.5 Å². The Kier molecular flexibility index (Phi) is 2.82. The number of nitrogens with zero attached hydrogens (tertiary/aromatic N) is 1. The summed E-state index contributed by atoms with van der Waals surface area (Å²) in [5.74, 6) is 0.322.